The number of benzene rings is 1. The van der Waals surface area contributed by atoms with Crippen LogP contribution in [0.2, 0.25) is 0 Å². The van der Waals surface area contributed by atoms with Gasteiger partial charge in [0.25, 0.3) is 5.91 Å². The van der Waals surface area contributed by atoms with Gasteiger partial charge in [0.05, 0.1) is 0 Å². The second-order valence-corrected chi connectivity index (χ2v) is 2.50. The van der Waals surface area contributed by atoms with Crippen molar-refractivity contribution in [2.24, 2.45) is 5.16 Å². The van der Waals surface area contributed by atoms with E-state index in [4.69, 9.17) is 10.8 Å². The number of rotatable bonds is 3. The third kappa shape index (κ3) is 2.22. The van der Waals surface area contributed by atoms with Gasteiger partial charge in [-0.1, -0.05) is 5.16 Å². The largest absolute Gasteiger partial charge is 0.508 e. The molecular formula is C9H9N2O3. The molecule has 1 aromatic rings. The minimum absolute atomic E-state index is 0.0861. The first-order chi connectivity index (χ1) is 6.65. The fourth-order valence-electron chi connectivity index (χ4n) is 0.936. The molecule has 0 spiro atoms. The lowest BCUT2D eigenvalue weighted by Gasteiger charge is -2.00. The summed E-state index contributed by atoms with van der Waals surface area (Å²) in [4.78, 5) is 15.2. The molecule has 1 amide bonds. The quantitative estimate of drug-likeness (QED) is 0.562. The second-order valence-electron chi connectivity index (χ2n) is 2.50. The average Bonchev–Trinajstić information content (AvgIpc) is 2.15. The molecule has 0 aliphatic carbocycles. The van der Waals surface area contributed by atoms with Crippen LogP contribution in [-0.2, 0) is 9.63 Å². The lowest BCUT2D eigenvalue weighted by molar-refractivity contribution is -0.112. The van der Waals surface area contributed by atoms with Gasteiger partial charge in [0.15, 0.2) is 5.71 Å². The summed E-state index contributed by atoms with van der Waals surface area (Å²) in [5.74, 6) is -0.847. The van der Waals surface area contributed by atoms with Gasteiger partial charge in [0, 0.05) is 5.56 Å². The summed E-state index contributed by atoms with van der Waals surface area (Å²) in [5.41, 5.74) is 7.26. The van der Waals surface area contributed by atoms with Crippen LogP contribution in [0.3, 0.4) is 0 Å². The Morgan fingerprint density at radius 1 is 1.43 bits per heavy atom. The minimum atomic E-state index is -0.933. The second kappa shape index (κ2) is 4.27. The molecule has 0 fully saturated rings. The van der Waals surface area contributed by atoms with E-state index in [2.05, 4.69) is 9.99 Å². The Labute approximate surface area is 80.8 Å². The summed E-state index contributed by atoms with van der Waals surface area (Å²) < 4.78 is 0. The molecular weight excluding hydrogens is 184 g/mol. The maximum absolute atomic E-state index is 10.8. The molecule has 0 saturated carbocycles. The fourth-order valence-corrected chi connectivity index (χ4v) is 0.936. The van der Waals surface area contributed by atoms with Crippen molar-refractivity contribution in [3.8, 4) is 5.75 Å². The van der Waals surface area contributed by atoms with E-state index >= 15 is 0 Å². The Bertz CT molecular complexity index is 357. The molecule has 73 valence electrons. The molecule has 0 saturated heterocycles. The molecule has 0 aliphatic rings. The number of nitrogens with one attached hydrogen (secondary N) is 1. The van der Waals surface area contributed by atoms with Gasteiger partial charge in [-0.25, -0.2) is 0 Å². The molecule has 0 heterocycles. The molecule has 1 aromatic carbocycles. The van der Waals surface area contributed by atoms with E-state index in [0.29, 0.717) is 5.56 Å². The highest BCUT2D eigenvalue weighted by Crippen LogP contribution is 2.10. The van der Waals surface area contributed by atoms with Crippen LogP contribution in [0.4, 0.5) is 0 Å². The number of phenols is 1. The van der Waals surface area contributed by atoms with Gasteiger partial charge in [-0.2, -0.15) is 0 Å². The third-order valence-electron chi connectivity index (χ3n) is 1.54. The van der Waals surface area contributed by atoms with Crippen LogP contribution in [0.15, 0.2) is 29.4 Å². The fraction of sp³-hybridized carbons (Fsp3) is 0.111. The number of oxime groups is 1. The highest BCUT2D eigenvalue weighted by atomic mass is 16.6. The molecule has 0 atom stereocenters. The lowest BCUT2D eigenvalue weighted by atomic mass is 10.1. The zero-order valence-electron chi connectivity index (χ0n) is 7.52. The molecule has 0 aromatic heterocycles. The van der Waals surface area contributed by atoms with E-state index in [0.717, 1.165) is 0 Å². The molecule has 1 rings (SSSR count). The van der Waals surface area contributed by atoms with Crippen molar-refractivity contribution < 1.29 is 14.7 Å². The molecule has 5 nitrogen and oxygen atoms in total. The summed E-state index contributed by atoms with van der Waals surface area (Å²) in [7, 11) is 1.29. The monoisotopic (exact) mass is 193 g/mol. The number of nitrogens with zero attached hydrogens (tertiary/aromatic N) is 1. The third-order valence-corrected chi connectivity index (χ3v) is 1.54. The van der Waals surface area contributed by atoms with Crippen molar-refractivity contribution >= 4 is 11.6 Å². The summed E-state index contributed by atoms with van der Waals surface area (Å²) in [6.07, 6.45) is 0. The van der Waals surface area contributed by atoms with Crippen molar-refractivity contribution in [2.45, 2.75) is 0 Å². The molecule has 5 heteroatoms. The summed E-state index contributed by atoms with van der Waals surface area (Å²) in [5, 5.41) is 12.4. The minimum Gasteiger partial charge on any atom is -0.508 e. The van der Waals surface area contributed by atoms with Crippen LogP contribution in [0, 0.1) is 0 Å². The molecule has 14 heavy (non-hydrogen) atoms. The SMILES string of the molecule is CON=C(C([NH])=O)c1ccc(O)cc1. The topological polar surface area (TPSA) is 82.7 Å². The number of carbonyl (C=O) groups excluding carboxylic acids is 1. The Balaban J connectivity index is 3.06. The zero-order chi connectivity index (χ0) is 10.6. The highest BCUT2D eigenvalue weighted by Gasteiger charge is 2.11. The molecule has 0 unspecified atom stereocenters. The van der Waals surface area contributed by atoms with E-state index in [-0.39, 0.29) is 11.5 Å². The van der Waals surface area contributed by atoms with Crippen LogP contribution in [0.5, 0.6) is 5.75 Å². The summed E-state index contributed by atoms with van der Waals surface area (Å²) >= 11 is 0. The Hall–Kier alpha value is -2.04. The number of phenolic OH excluding ortho intramolecular Hbond substituents is 1. The first-order valence-electron chi connectivity index (χ1n) is 3.81. The van der Waals surface area contributed by atoms with Gasteiger partial charge in [-0.05, 0) is 24.3 Å². The summed E-state index contributed by atoms with van der Waals surface area (Å²) in [6, 6.07) is 5.78. The molecule has 2 N–H and O–H groups in total. The number of hydrogen-bond donors (Lipinski definition) is 1. The van der Waals surface area contributed by atoms with Crippen molar-refractivity contribution in [1.29, 1.82) is 0 Å². The first kappa shape index (κ1) is 10.0. The normalized spacial score (nSPS) is 11.1. The van der Waals surface area contributed by atoms with Gasteiger partial charge < -0.3 is 9.94 Å². The maximum atomic E-state index is 10.8. The van der Waals surface area contributed by atoms with Gasteiger partial charge in [-0.15, -0.1) is 0 Å². The van der Waals surface area contributed by atoms with Crippen LogP contribution in [0.25, 0.3) is 0 Å². The number of amides is 1. The standard InChI is InChI=1S/C9H9N2O3/c1-14-11-8(9(10)13)6-2-4-7(12)5-3-6/h2-5,10,12H,1H3. The highest BCUT2D eigenvalue weighted by molar-refractivity contribution is 6.44. The average molecular weight is 193 g/mol. The van der Waals surface area contributed by atoms with Gasteiger partial charge >= 0.3 is 0 Å². The Morgan fingerprint density at radius 2 is 2.00 bits per heavy atom. The van der Waals surface area contributed by atoms with E-state index in [1.807, 2.05) is 0 Å². The molecule has 0 bridgehead atoms. The first-order valence-corrected chi connectivity index (χ1v) is 3.81. The zero-order valence-corrected chi connectivity index (χ0v) is 7.52. The van der Waals surface area contributed by atoms with Gasteiger partial charge in [0.2, 0.25) is 0 Å². The maximum Gasteiger partial charge on any atom is 0.292 e. The number of carbonyl (C=O) groups is 1. The van der Waals surface area contributed by atoms with E-state index < -0.39 is 5.91 Å². The van der Waals surface area contributed by atoms with Crippen molar-refractivity contribution in [1.82, 2.24) is 5.73 Å². The lowest BCUT2D eigenvalue weighted by Crippen LogP contribution is -2.16. The smallest absolute Gasteiger partial charge is 0.292 e. The van der Waals surface area contributed by atoms with Crippen molar-refractivity contribution in [3.05, 3.63) is 29.8 Å². The van der Waals surface area contributed by atoms with Crippen LogP contribution in [0.1, 0.15) is 5.56 Å². The van der Waals surface area contributed by atoms with Crippen LogP contribution in [-0.4, -0.2) is 23.8 Å². The predicted molar refractivity (Wildman–Crippen MR) is 49.8 cm³/mol. The number of hydrogen-bond acceptors (Lipinski definition) is 4. The van der Waals surface area contributed by atoms with Gasteiger partial charge in [-0.3, -0.25) is 10.5 Å². The Morgan fingerprint density at radius 3 is 2.43 bits per heavy atom. The van der Waals surface area contributed by atoms with Crippen molar-refractivity contribution in [3.63, 3.8) is 0 Å². The number of aromatic hydroxyl groups is 1. The molecule has 1 radical (unpaired) electrons. The summed E-state index contributed by atoms with van der Waals surface area (Å²) in [6.45, 7) is 0. The van der Waals surface area contributed by atoms with Crippen LogP contribution >= 0.6 is 0 Å². The van der Waals surface area contributed by atoms with Crippen LogP contribution < -0.4 is 5.73 Å². The Kier molecular flexibility index (Phi) is 3.06. The van der Waals surface area contributed by atoms with E-state index in [1.54, 1.807) is 0 Å². The van der Waals surface area contributed by atoms with Gasteiger partial charge in [0.1, 0.15) is 12.9 Å². The van der Waals surface area contributed by atoms with E-state index in [9.17, 15) is 4.79 Å². The molecule has 0 aliphatic heterocycles. The van der Waals surface area contributed by atoms with Crippen molar-refractivity contribution in [2.75, 3.05) is 7.11 Å². The predicted octanol–water partition coefficient (Wildman–Crippen LogP) is 0.552. The van der Waals surface area contributed by atoms with E-state index in [1.165, 1.54) is 31.4 Å².